The van der Waals surface area contributed by atoms with Gasteiger partial charge in [0.1, 0.15) is 11.6 Å². The van der Waals surface area contributed by atoms with Crippen LogP contribution in [0.4, 0.5) is 10.1 Å². The molecule has 0 unspecified atom stereocenters. The highest BCUT2D eigenvalue weighted by atomic mass is 32.1. The molecule has 0 amide bonds. The van der Waals surface area contributed by atoms with Gasteiger partial charge in [0.05, 0.1) is 5.69 Å². The van der Waals surface area contributed by atoms with Crippen LogP contribution in [-0.4, -0.2) is 21.8 Å². The summed E-state index contributed by atoms with van der Waals surface area (Å²) in [6, 6.07) is 3.38. The average Bonchev–Trinajstić information content (AvgIpc) is 3.06. The van der Waals surface area contributed by atoms with Crippen LogP contribution in [-0.2, 0) is 16.2 Å². The van der Waals surface area contributed by atoms with Crippen molar-refractivity contribution in [3.63, 3.8) is 0 Å². The fraction of sp³-hybridized carbons (Fsp3) is 0.300. The lowest BCUT2D eigenvalue weighted by atomic mass is 10.3. The lowest BCUT2D eigenvalue weighted by Crippen LogP contribution is -2.20. The molecule has 0 bridgehead atoms. The smallest absolute Gasteiger partial charge is 0.314 e. The van der Waals surface area contributed by atoms with Gasteiger partial charge in [-0.1, -0.05) is 11.3 Å². The Morgan fingerprint density at radius 2 is 2.14 bits per heavy atom. The third-order valence-electron chi connectivity index (χ3n) is 2.44. The number of hydrogen-bond donors (Lipinski definition) is 0. The van der Waals surface area contributed by atoms with Crippen LogP contribution in [0, 0.1) is 27.2 Å². The molecule has 0 saturated carbocycles. The van der Waals surface area contributed by atoms with Crippen LogP contribution in [0.3, 0.4) is 0 Å². The van der Waals surface area contributed by atoms with E-state index < -0.39 is 10.2 Å². The molecule has 0 fully saturated rings. The predicted octanol–water partition coefficient (Wildman–Crippen LogP) is 2.53. The summed E-state index contributed by atoms with van der Waals surface area (Å²) in [5.41, 5.74) is 0.612. The minimum atomic E-state index is -0.925. The Kier molecular flexibility index (Phi) is 5.06. The van der Waals surface area contributed by atoms with Crippen LogP contribution in [0.25, 0.3) is 0 Å². The van der Waals surface area contributed by atoms with Crippen LogP contribution < -0.4 is 5.06 Å². The lowest BCUT2D eigenvalue weighted by molar-refractivity contribution is -0.758. The number of anilines is 2. The molecule has 0 aromatic carbocycles. The van der Waals surface area contributed by atoms with Crippen molar-refractivity contribution in [1.29, 1.82) is 0 Å². The predicted molar refractivity (Wildman–Crippen MR) is 78.0 cm³/mol. The molecule has 0 aliphatic heterocycles. The zero-order chi connectivity index (χ0) is 16.1. The minimum absolute atomic E-state index is 0.107. The first kappa shape index (κ1) is 15.9. The van der Waals surface area contributed by atoms with Crippen molar-refractivity contribution in [2.24, 2.45) is 0 Å². The zero-order valence-electron chi connectivity index (χ0n) is 11.2. The maximum atomic E-state index is 10.6. The van der Waals surface area contributed by atoms with E-state index >= 15 is 0 Å². The van der Waals surface area contributed by atoms with Crippen LogP contribution >= 0.6 is 22.7 Å². The van der Waals surface area contributed by atoms with Gasteiger partial charge >= 0.3 is 5.09 Å². The van der Waals surface area contributed by atoms with E-state index in [-0.39, 0.29) is 18.2 Å². The summed E-state index contributed by atoms with van der Waals surface area (Å²) in [4.78, 5) is 34.5. The third kappa shape index (κ3) is 4.02. The number of thiazole rings is 1. The van der Waals surface area contributed by atoms with E-state index in [1.165, 1.54) is 11.3 Å². The van der Waals surface area contributed by atoms with E-state index in [4.69, 9.17) is 0 Å². The Morgan fingerprint density at radius 3 is 2.73 bits per heavy atom. The molecule has 0 aliphatic rings. The highest BCUT2D eigenvalue weighted by molar-refractivity contribution is 7.17. The van der Waals surface area contributed by atoms with Crippen LogP contribution in [0.5, 0.6) is 0 Å². The SMILES string of the molecule is Cc1nc(N(O[N+](=O)[O-])c2cccs2)sc1CCO[N+](=O)[O-]. The van der Waals surface area contributed by atoms with Crippen molar-refractivity contribution in [1.82, 2.24) is 4.98 Å². The largest absolute Gasteiger partial charge is 0.317 e. The maximum absolute atomic E-state index is 10.6. The van der Waals surface area contributed by atoms with E-state index in [9.17, 15) is 20.2 Å². The number of thiophene rings is 1. The van der Waals surface area contributed by atoms with Gasteiger partial charge in [-0.25, -0.2) is 4.98 Å². The Bertz CT molecular complexity index is 658. The van der Waals surface area contributed by atoms with E-state index in [0.29, 0.717) is 10.7 Å². The summed E-state index contributed by atoms with van der Waals surface area (Å²) in [6.07, 6.45) is 0.279. The Hall–Kier alpha value is -2.47. The van der Waals surface area contributed by atoms with Gasteiger partial charge in [0.25, 0.3) is 5.09 Å². The fourth-order valence-electron chi connectivity index (χ4n) is 1.57. The quantitative estimate of drug-likeness (QED) is 0.528. The first-order valence-corrected chi connectivity index (χ1v) is 7.56. The Morgan fingerprint density at radius 1 is 1.36 bits per heavy atom. The molecule has 0 spiro atoms. The van der Waals surface area contributed by atoms with Gasteiger partial charge in [-0.3, -0.25) is 0 Å². The van der Waals surface area contributed by atoms with Crippen molar-refractivity contribution < 1.29 is 19.9 Å². The molecular weight excluding hydrogens is 336 g/mol. The van der Waals surface area contributed by atoms with Gasteiger partial charge in [-0.2, -0.15) is 4.94 Å². The summed E-state index contributed by atoms with van der Waals surface area (Å²) in [5.74, 6) is 0. The number of aryl methyl sites for hydroxylation is 1. The first-order chi connectivity index (χ1) is 10.5. The van der Waals surface area contributed by atoms with Gasteiger partial charge in [0.15, 0.2) is 0 Å². The molecule has 0 N–H and O–H groups in total. The molecular formula is C10H10N4O6S2. The van der Waals surface area contributed by atoms with Crippen molar-refractivity contribution in [2.45, 2.75) is 13.3 Å². The first-order valence-electron chi connectivity index (χ1n) is 5.87. The second-order valence-corrected chi connectivity index (χ2v) is 5.85. The Balaban J connectivity index is 2.18. The summed E-state index contributed by atoms with van der Waals surface area (Å²) < 4.78 is 0. The fourth-order valence-corrected chi connectivity index (χ4v) is 3.29. The highest BCUT2D eigenvalue weighted by Gasteiger charge is 2.20. The third-order valence-corrected chi connectivity index (χ3v) is 4.46. The van der Waals surface area contributed by atoms with Crippen LogP contribution in [0.2, 0.25) is 0 Å². The molecule has 0 radical (unpaired) electrons. The van der Waals surface area contributed by atoms with E-state index in [2.05, 4.69) is 14.8 Å². The van der Waals surface area contributed by atoms with Crippen LogP contribution in [0.1, 0.15) is 10.6 Å². The number of nitrogens with zero attached hydrogens (tertiary/aromatic N) is 4. The number of hydrogen-bond acceptors (Lipinski definition) is 10. The van der Waals surface area contributed by atoms with Crippen LogP contribution in [0.15, 0.2) is 17.5 Å². The van der Waals surface area contributed by atoms with Crippen molar-refractivity contribution in [3.05, 3.63) is 48.3 Å². The average molecular weight is 346 g/mol. The molecule has 10 nitrogen and oxygen atoms in total. The van der Waals surface area contributed by atoms with E-state index in [1.807, 2.05) is 0 Å². The van der Waals surface area contributed by atoms with Crippen molar-refractivity contribution >= 4 is 32.8 Å². The van der Waals surface area contributed by atoms with E-state index in [0.717, 1.165) is 21.3 Å². The normalized spacial score (nSPS) is 10.2. The molecule has 2 aromatic rings. The summed E-state index contributed by atoms with van der Waals surface area (Å²) in [6.45, 7) is 1.60. The van der Waals surface area contributed by atoms with Gasteiger partial charge in [0, 0.05) is 11.3 Å². The van der Waals surface area contributed by atoms with Gasteiger partial charge < -0.3 is 4.84 Å². The molecule has 0 saturated heterocycles. The standard InChI is InChI=1S/C10H10N4O6S2/c1-7-8(4-5-19-13(15)16)22-10(11-7)12(20-14(17)18)9-3-2-6-21-9/h2-3,6H,4-5H2,1H3. The summed E-state index contributed by atoms with van der Waals surface area (Å²) in [5, 5.41) is 22.5. The lowest BCUT2D eigenvalue weighted by Gasteiger charge is -2.14. The molecule has 118 valence electrons. The molecule has 22 heavy (non-hydrogen) atoms. The molecule has 2 aromatic heterocycles. The summed E-state index contributed by atoms with van der Waals surface area (Å²) >= 11 is 2.40. The Labute approximate surface area is 131 Å². The van der Waals surface area contributed by atoms with Gasteiger partial charge in [-0.05, 0) is 24.4 Å². The molecule has 2 heterocycles. The minimum Gasteiger partial charge on any atom is -0.314 e. The zero-order valence-corrected chi connectivity index (χ0v) is 12.8. The topological polar surface area (TPSA) is 121 Å². The van der Waals surface area contributed by atoms with Gasteiger partial charge in [0.2, 0.25) is 5.13 Å². The molecule has 0 atom stereocenters. The number of aromatic nitrogens is 1. The summed E-state index contributed by atoms with van der Waals surface area (Å²) in [7, 11) is 0. The van der Waals surface area contributed by atoms with Crippen molar-refractivity contribution in [2.75, 3.05) is 11.7 Å². The second-order valence-electron chi connectivity index (χ2n) is 3.86. The van der Waals surface area contributed by atoms with E-state index in [1.54, 1.807) is 24.4 Å². The molecule has 0 aliphatic carbocycles. The second kappa shape index (κ2) is 7.00. The van der Waals surface area contributed by atoms with Crippen molar-refractivity contribution in [3.8, 4) is 0 Å². The number of rotatable bonds is 8. The monoisotopic (exact) mass is 346 g/mol. The molecule has 2 rings (SSSR count). The highest BCUT2D eigenvalue weighted by Crippen LogP contribution is 2.34. The molecule has 12 heteroatoms. The van der Waals surface area contributed by atoms with Gasteiger partial charge in [-0.15, -0.1) is 36.6 Å². The maximum Gasteiger partial charge on any atom is 0.317 e.